The number of fused-ring (bicyclic) bond motifs is 1. The van der Waals surface area contributed by atoms with E-state index in [0.29, 0.717) is 27.1 Å². The molecule has 0 saturated heterocycles. The van der Waals surface area contributed by atoms with Crippen LogP contribution in [0.5, 0.6) is 0 Å². The Balaban J connectivity index is 2.33. The van der Waals surface area contributed by atoms with Gasteiger partial charge in [0.25, 0.3) is 0 Å². The lowest BCUT2D eigenvalue weighted by atomic mass is 10.0. The lowest BCUT2D eigenvalue weighted by molar-refractivity contribution is -0.137. The molecule has 0 spiro atoms. The third-order valence-electron chi connectivity index (χ3n) is 3.23. The van der Waals surface area contributed by atoms with Crippen LogP contribution in [0.1, 0.15) is 11.1 Å². The summed E-state index contributed by atoms with van der Waals surface area (Å²) in [6.07, 6.45) is -2.57. The number of aromatic nitrogens is 3. The first kappa shape index (κ1) is 15.8. The van der Waals surface area contributed by atoms with Gasteiger partial charge in [-0.1, -0.05) is 6.07 Å². The molecule has 0 unspecified atom stereocenters. The van der Waals surface area contributed by atoms with Gasteiger partial charge in [-0.25, -0.2) is 9.97 Å². The third kappa shape index (κ3) is 2.66. The van der Waals surface area contributed by atoms with E-state index in [2.05, 4.69) is 30.9 Å². The number of halogens is 5. The number of nitrogens with one attached hydrogen (secondary N) is 1. The normalized spacial score (nSPS) is 11.7. The Morgan fingerprint density at radius 3 is 2.70 bits per heavy atom. The Morgan fingerprint density at radius 1 is 1.30 bits per heavy atom. The summed E-state index contributed by atoms with van der Waals surface area (Å²) in [5.41, 5.74) is -0.213. The molecular formula is C14H5BrClF3N4. The maximum atomic E-state index is 13.2. The van der Waals surface area contributed by atoms with Crippen LogP contribution in [0.15, 0.2) is 29.0 Å². The Bertz CT molecular complexity index is 959. The molecule has 23 heavy (non-hydrogen) atoms. The van der Waals surface area contributed by atoms with Gasteiger partial charge >= 0.3 is 6.18 Å². The van der Waals surface area contributed by atoms with Gasteiger partial charge in [0.15, 0.2) is 0 Å². The van der Waals surface area contributed by atoms with Crippen LogP contribution in [0.2, 0.25) is 5.28 Å². The molecule has 0 aliphatic carbocycles. The molecule has 9 heteroatoms. The van der Waals surface area contributed by atoms with Crippen molar-refractivity contribution in [2.45, 2.75) is 6.18 Å². The predicted octanol–water partition coefficient (Wildman–Crippen LogP) is 4.93. The van der Waals surface area contributed by atoms with Gasteiger partial charge in [0.05, 0.1) is 21.2 Å². The number of rotatable bonds is 1. The third-order valence-corrected chi connectivity index (χ3v) is 4.24. The highest BCUT2D eigenvalue weighted by Gasteiger charge is 2.36. The number of hydrogen-bond donors (Lipinski definition) is 1. The van der Waals surface area contributed by atoms with Gasteiger partial charge in [0, 0.05) is 23.3 Å². The predicted molar refractivity (Wildman–Crippen MR) is 81.8 cm³/mol. The van der Waals surface area contributed by atoms with Gasteiger partial charge < -0.3 is 4.98 Å². The van der Waals surface area contributed by atoms with Crippen LogP contribution in [-0.2, 0) is 6.18 Å². The summed E-state index contributed by atoms with van der Waals surface area (Å²) in [6, 6.07) is 5.06. The molecule has 2 aromatic heterocycles. The molecule has 0 aliphatic heterocycles. The number of alkyl halides is 3. The SMILES string of the molecule is N#Cc1ccc2c(-c3nc(Cl)ncc3C(F)(F)F)c[nH]c2c1Br. The second kappa shape index (κ2) is 5.51. The lowest BCUT2D eigenvalue weighted by Crippen LogP contribution is -2.09. The molecule has 0 bridgehead atoms. The zero-order valence-corrected chi connectivity index (χ0v) is 13.4. The maximum absolute atomic E-state index is 13.2. The highest BCUT2D eigenvalue weighted by molar-refractivity contribution is 9.10. The van der Waals surface area contributed by atoms with Gasteiger partial charge in [-0.3, -0.25) is 0 Å². The zero-order chi connectivity index (χ0) is 16.8. The number of aromatic amines is 1. The molecule has 0 amide bonds. The molecule has 0 fully saturated rings. The Hall–Kier alpha value is -2.11. The molecule has 0 saturated carbocycles. The van der Waals surface area contributed by atoms with Crippen molar-refractivity contribution in [1.82, 2.24) is 15.0 Å². The van der Waals surface area contributed by atoms with Crippen molar-refractivity contribution in [3.05, 3.63) is 45.4 Å². The topological polar surface area (TPSA) is 65.4 Å². The monoisotopic (exact) mass is 400 g/mol. The molecule has 3 aromatic rings. The smallest absolute Gasteiger partial charge is 0.360 e. The minimum atomic E-state index is -4.62. The molecule has 3 rings (SSSR count). The van der Waals surface area contributed by atoms with Gasteiger partial charge in [-0.05, 0) is 33.6 Å². The van der Waals surface area contributed by atoms with Crippen molar-refractivity contribution < 1.29 is 13.2 Å². The summed E-state index contributed by atoms with van der Waals surface area (Å²) in [4.78, 5) is 10.0. The molecule has 116 valence electrons. The summed E-state index contributed by atoms with van der Waals surface area (Å²) in [5, 5.41) is 9.21. The number of H-pyrrole nitrogens is 1. The van der Waals surface area contributed by atoms with E-state index in [1.54, 1.807) is 6.07 Å². The van der Waals surface area contributed by atoms with Crippen LogP contribution in [-0.4, -0.2) is 15.0 Å². The van der Waals surface area contributed by atoms with Gasteiger partial charge in [-0.15, -0.1) is 0 Å². The molecule has 0 aliphatic rings. The van der Waals surface area contributed by atoms with E-state index in [1.807, 2.05) is 6.07 Å². The average Bonchev–Trinajstić information content (AvgIpc) is 2.91. The van der Waals surface area contributed by atoms with Gasteiger partial charge in [-0.2, -0.15) is 18.4 Å². The summed E-state index contributed by atoms with van der Waals surface area (Å²) in [5.74, 6) is 0. The second-order valence-corrected chi connectivity index (χ2v) is 5.69. The second-order valence-electron chi connectivity index (χ2n) is 4.56. The summed E-state index contributed by atoms with van der Waals surface area (Å²) < 4.78 is 40.0. The largest absolute Gasteiger partial charge is 0.419 e. The molecule has 1 N–H and O–H groups in total. The Kier molecular flexibility index (Phi) is 3.78. The van der Waals surface area contributed by atoms with Crippen LogP contribution in [0.3, 0.4) is 0 Å². The van der Waals surface area contributed by atoms with Crippen molar-refractivity contribution in [2.24, 2.45) is 0 Å². The summed E-state index contributed by atoms with van der Waals surface area (Å²) in [7, 11) is 0. The number of nitrogens with zero attached hydrogens (tertiary/aromatic N) is 3. The fourth-order valence-corrected chi connectivity index (χ4v) is 2.90. The van der Waals surface area contributed by atoms with Crippen LogP contribution < -0.4 is 0 Å². The lowest BCUT2D eigenvalue weighted by Gasteiger charge is -2.11. The highest BCUT2D eigenvalue weighted by atomic mass is 79.9. The van der Waals surface area contributed by atoms with E-state index in [-0.39, 0.29) is 16.5 Å². The van der Waals surface area contributed by atoms with Crippen LogP contribution in [0, 0.1) is 11.3 Å². The summed E-state index contributed by atoms with van der Waals surface area (Å²) in [6.45, 7) is 0. The average molecular weight is 402 g/mol. The van der Waals surface area contributed by atoms with Gasteiger partial charge in [0.1, 0.15) is 11.6 Å². The molecule has 0 radical (unpaired) electrons. The molecule has 4 nitrogen and oxygen atoms in total. The minimum absolute atomic E-state index is 0.224. The van der Waals surface area contributed by atoms with E-state index < -0.39 is 11.7 Å². The van der Waals surface area contributed by atoms with Crippen LogP contribution in [0.4, 0.5) is 13.2 Å². The van der Waals surface area contributed by atoms with Crippen molar-refractivity contribution in [3.63, 3.8) is 0 Å². The molecule has 0 atom stereocenters. The Labute approximate surface area is 141 Å². The molecule has 2 heterocycles. The van der Waals surface area contributed by atoms with E-state index in [0.717, 1.165) is 0 Å². The van der Waals surface area contributed by atoms with E-state index >= 15 is 0 Å². The number of hydrogen-bond acceptors (Lipinski definition) is 3. The maximum Gasteiger partial charge on any atom is 0.419 e. The number of nitriles is 1. The molecule has 1 aromatic carbocycles. The van der Waals surface area contributed by atoms with E-state index in [4.69, 9.17) is 16.9 Å². The first-order chi connectivity index (χ1) is 10.8. The fraction of sp³-hybridized carbons (Fsp3) is 0.0714. The van der Waals surface area contributed by atoms with Crippen molar-refractivity contribution in [1.29, 1.82) is 5.26 Å². The highest BCUT2D eigenvalue weighted by Crippen LogP contribution is 2.40. The number of benzene rings is 1. The first-order valence-electron chi connectivity index (χ1n) is 6.12. The summed E-state index contributed by atoms with van der Waals surface area (Å²) >= 11 is 8.93. The minimum Gasteiger partial charge on any atom is -0.360 e. The van der Waals surface area contributed by atoms with E-state index in [1.165, 1.54) is 12.3 Å². The van der Waals surface area contributed by atoms with Crippen molar-refractivity contribution in [2.75, 3.05) is 0 Å². The van der Waals surface area contributed by atoms with Crippen LogP contribution >= 0.6 is 27.5 Å². The Morgan fingerprint density at radius 2 is 2.04 bits per heavy atom. The van der Waals surface area contributed by atoms with Crippen LogP contribution in [0.25, 0.3) is 22.2 Å². The first-order valence-corrected chi connectivity index (χ1v) is 7.30. The van der Waals surface area contributed by atoms with E-state index in [9.17, 15) is 13.2 Å². The molecular weight excluding hydrogens is 397 g/mol. The van der Waals surface area contributed by atoms with Crippen molar-refractivity contribution >= 4 is 38.4 Å². The standard InChI is InChI=1S/C14H5BrClF3N4/c15-10-6(3-20)1-2-7-8(4-21-12(7)10)11-9(14(17,18)19)5-22-13(16)23-11/h1-2,4-5,21H. The quantitative estimate of drug-likeness (QED) is 0.588. The zero-order valence-electron chi connectivity index (χ0n) is 11.0. The van der Waals surface area contributed by atoms with Gasteiger partial charge in [0.2, 0.25) is 5.28 Å². The fourth-order valence-electron chi connectivity index (χ4n) is 2.22. The van der Waals surface area contributed by atoms with Crippen molar-refractivity contribution in [3.8, 4) is 17.3 Å².